The summed E-state index contributed by atoms with van der Waals surface area (Å²) in [5.74, 6) is -1.74. The number of rotatable bonds is 51. The number of carbonyl (C=O) groups excluding carboxylic acids is 3. The summed E-state index contributed by atoms with van der Waals surface area (Å²) in [6, 6.07) is -0.728. The fourth-order valence-electron chi connectivity index (χ4n) is 8.39. The molecule has 0 aromatic rings. The zero-order valence-electron chi connectivity index (χ0n) is 44.1. The van der Waals surface area contributed by atoms with Crippen LogP contribution in [0.2, 0.25) is 0 Å². The monoisotopic (exact) mass is 930 g/mol. The Kier molecular flexibility index (Phi) is 47.2. The van der Waals surface area contributed by atoms with Gasteiger partial charge in [0.2, 0.25) is 0 Å². The molecule has 0 saturated heterocycles. The van der Waals surface area contributed by atoms with Gasteiger partial charge in [-0.1, -0.05) is 211 Å². The third kappa shape index (κ3) is 46.7. The van der Waals surface area contributed by atoms with Gasteiger partial charge in [-0.15, -0.1) is 0 Å². The molecule has 66 heavy (non-hydrogen) atoms. The molecule has 0 aliphatic carbocycles. The van der Waals surface area contributed by atoms with E-state index >= 15 is 0 Å². The van der Waals surface area contributed by atoms with Crippen molar-refractivity contribution in [2.45, 2.75) is 276 Å². The molecule has 8 nitrogen and oxygen atoms in total. The lowest BCUT2D eigenvalue weighted by molar-refractivity contribution is -0.889. The van der Waals surface area contributed by atoms with E-state index in [-0.39, 0.29) is 42.7 Å². The number of allylic oxidation sites excluding steroid dienone is 6. The molecule has 0 amide bonds. The molecule has 0 aliphatic rings. The van der Waals surface area contributed by atoms with Crippen molar-refractivity contribution in [2.75, 3.05) is 41.0 Å². The van der Waals surface area contributed by atoms with Crippen molar-refractivity contribution >= 4 is 17.9 Å². The second-order valence-corrected chi connectivity index (χ2v) is 20.2. The van der Waals surface area contributed by atoms with Gasteiger partial charge in [0.05, 0.1) is 40.3 Å². The molecule has 2 unspecified atom stereocenters. The third-order valence-electron chi connectivity index (χ3n) is 12.7. The average Bonchev–Trinajstić information content (AvgIpc) is 3.28. The summed E-state index contributed by atoms with van der Waals surface area (Å²) < 4.78 is 17.3. The largest absolute Gasteiger partial charge is 0.544 e. The van der Waals surface area contributed by atoms with Crippen molar-refractivity contribution in [2.24, 2.45) is 0 Å². The van der Waals surface area contributed by atoms with Crippen LogP contribution in [0, 0.1) is 0 Å². The van der Waals surface area contributed by atoms with E-state index in [2.05, 4.69) is 50.3 Å². The van der Waals surface area contributed by atoms with Gasteiger partial charge in [-0.2, -0.15) is 0 Å². The van der Waals surface area contributed by atoms with Crippen LogP contribution in [0.1, 0.15) is 264 Å². The minimum Gasteiger partial charge on any atom is -0.544 e. The Balaban J connectivity index is 4.21. The smallest absolute Gasteiger partial charge is 0.306 e. The summed E-state index contributed by atoms with van der Waals surface area (Å²) in [5.41, 5.74) is 0. The Morgan fingerprint density at radius 3 is 1.18 bits per heavy atom. The summed E-state index contributed by atoms with van der Waals surface area (Å²) in [6.45, 7) is 4.69. The van der Waals surface area contributed by atoms with E-state index in [1.165, 1.54) is 180 Å². The Hall–Kier alpha value is -2.45. The molecule has 2 atom stereocenters. The van der Waals surface area contributed by atoms with E-state index in [0.717, 1.165) is 51.4 Å². The van der Waals surface area contributed by atoms with E-state index < -0.39 is 18.1 Å². The highest BCUT2D eigenvalue weighted by Gasteiger charge is 2.25. The summed E-state index contributed by atoms with van der Waals surface area (Å²) >= 11 is 0. The van der Waals surface area contributed by atoms with Crippen LogP contribution < -0.4 is 5.11 Å². The van der Waals surface area contributed by atoms with Crippen LogP contribution in [-0.2, 0) is 28.6 Å². The number of aliphatic carboxylic acids is 1. The molecule has 0 bridgehead atoms. The van der Waals surface area contributed by atoms with Gasteiger partial charge in [0.15, 0.2) is 6.10 Å². The number of carbonyl (C=O) groups is 3. The normalized spacial score (nSPS) is 13.0. The van der Waals surface area contributed by atoms with E-state index in [4.69, 9.17) is 14.2 Å². The molecule has 386 valence electrons. The van der Waals surface area contributed by atoms with Gasteiger partial charge in [-0.3, -0.25) is 9.59 Å². The van der Waals surface area contributed by atoms with Crippen molar-refractivity contribution in [1.29, 1.82) is 0 Å². The summed E-state index contributed by atoms with van der Waals surface area (Å²) in [5, 5.41) is 11.7. The van der Waals surface area contributed by atoms with Crippen LogP contribution >= 0.6 is 0 Å². The van der Waals surface area contributed by atoms with Gasteiger partial charge in [-0.05, 0) is 70.6 Å². The van der Waals surface area contributed by atoms with E-state index in [1.54, 1.807) is 0 Å². The minimum atomic E-state index is -1.12. The van der Waals surface area contributed by atoms with Gasteiger partial charge in [-0.25, -0.2) is 0 Å². The zero-order chi connectivity index (χ0) is 48.4. The fourth-order valence-corrected chi connectivity index (χ4v) is 8.39. The van der Waals surface area contributed by atoms with Crippen LogP contribution in [0.15, 0.2) is 36.5 Å². The number of hydrogen-bond donors (Lipinski definition) is 0. The van der Waals surface area contributed by atoms with Crippen molar-refractivity contribution in [3.8, 4) is 0 Å². The lowest BCUT2D eigenvalue weighted by atomic mass is 10.1. The standard InChI is InChI=1S/C58H107NO7/c1-6-8-10-12-14-16-18-20-22-24-26-27-28-29-31-33-35-37-39-41-43-45-47-49-57(61)66-54(52-64-51-50-55(58(62)63)59(3,4)5)53-65-56(60)48-46-44-42-40-38-36-34-32-30-25-23-21-19-17-15-13-11-9-7-2/h25-27,29-31,54-55H,6-24,28,32-53H2,1-5H3/b27-26+,30-25+,31-29+. The Labute approximate surface area is 408 Å². The van der Waals surface area contributed by atoms with E-state index in [1.807, 2.05) is 21.1 Å². The summed E-state index contributed by atoms with van der Waals surface area (Å²) in [7, 11) is 5.42. The highest BCUT2D eigenvalue weighted by molar-refractivity contribution is 5.70. The van der Waals surface area contributed by atoms with Crippen LogP contribution in [0.4, 0.5) is 0 Å². The molecule has 0 aromatic heterocycles. The number of carboxylic acids is 1. The van der Waals surface area contributed by atoms with Crippen molar-refractivity contribution in [1.82, 2.24) is 0 Å². The third-order valence-corrected chi connectivity index (χ3v) is 12.7. The molecule has 0 fully saturated rings. The minimum absolute atomic E-state index is 0.0380. The van der Waals surface area contributed by atoms with Gasteiger partial charge in [0, 0.05) is 19.3 Å². The molecule has 0 heterocycles. The molecule has 0 radical (unpaired) electrons. The maximum atomic E-state index is 12.8. The Bertz CT molecular complexity index is 1170. The van der Waals surface area contributed by atoms with Crippen LogP contribution in [0.5, 0.6) is 0 Å². The highest BCUT2D eigenvalue weighted by Crippen LogP contribution is 2.16. The number of ether oxygens (including phenoxy) is 3. The Morgan fingerprint density at radius 1 is 0.455 bits per heavy atom. The SMILES string of the molecule is CCCCCCCCCC/C=C/CCCCCCCCCC(=O)OCC(COCCC(C(=O)[O-])[N+](C)(C)C)OC(=O)CCCCCCCCC/C=C/C/C=C/CCCCCCCCCCC. The number of likely N-dealkylation sites (N-methyl/N-ethyl adjacent to an activating group) is 1. The first-order valence-corrected chi connectivity index (χ1v) is 28.0. The van der Waals surface area contributed by atoms with Crippen LogP contribution in [0.3, 0.4) is 0 Å². The van der Waals surface area contributed by atoms with Crippen LogP contribution in [0.25, 0.3) is 0 Å². The first-order valence-electron chi connectivity index (χ1n) is 28.0. The quantitative estimate of drug-likeness (QED) is 0.0259. The molecular formula is C58H107NO7. The number of esters is 2. The molecule has 0 aliphatic heterocycles. The average molecular weight is 930 g/mol. The predicted molar refractivity (Wildman–Crippen MR) is 277 cm³/mol. The van der Waals surface area contributed by atoms with Crippen molar-refractivity contribution in [3.63, 3.8) is 0 Å². The molecule has 0 rings (SSSR count). The topological polar surface area (TPSA) is 102 Å². The van der Waals surface area contributed by atoms with Gasteiger partial charge >= 0.3 is 11.9 Å². The maximum Gasteiger partial charge on any atom is 0.306 e. The molecule has 0 aromatic carbocycles. The number of hydrogen-bond acceptors (Lipinski definition) is 7. The zero-order valence-corrected chi connectivity index (χ0v) is 44.1. The lowest BCUT2D eigenvalue weighted by Crippen LogP contribution is -2.55. The second-order valence-electron chi connectivity index (χ2n) is 20.2. The predicted octanol–water partition coefficient (Wildman–Crippen LogP) is 15.2. The number of carboxylic acid groups (broad SMARTS) is 1. The van der Waals surface area contributed by atoms with Crippen molar-refractivity contribution in [3.05, 3.63) is 36.5 Å². The summed E-state index contributed by atoms with van der Waals surface area (Å²) in [6.07, 6.45) is 59.0. The van der Waals surface area contributed by atoms with Gasteiger partial charge in [0.1, 0.15) is 12.6 Å². The lowest BCUT2D eigenvalue weighted by Gasteiger charge is -2.34. The second kappa shape index (κ2) is 49.0. The molecule has 0 saturated carbocycles. The first-order chi connectivity index (χ1) is 32.1. The van der Waals surface area contributed by atoms with Gasteiger partial charge in [0.25, 0.3) is 0 Å². The molecule has 0 N–H and O–H groups in total. The van der Waals surface area contributed by atoms with E-state index in [0.29, 0.717) is 12.8 Å². The number of quaternary nitrogens is 1. The Morgan fingerprint density at radius 2 is 0.803 bits per heavy atom. The molecule has 0 spiro atoms. The van der Waals surface area contributed by atoms with Crippen LogP contribution in [-0.4, -0.2) is 75.5 Å². The summed E-state index contributed by atoms with van der Waals surface area (Å²) in [4.78, 5) is 37.1. The number of nitrogens with zero attached hydrogens (tertiary/aromatic N) is 1. The highest BCUT2D eigenvalue weighted by atomic mass is 16.6. The van der Waals surface area contributed by atoms with Crippen molar-refractivity contribution < 1.29 is 38.2 Å². The number of unbranched alkanes of at least 4 members (excludes halogenated alkanes) is 31. The van der Waals surface area contributed by atoms with Gasteiger partial charge < -0.3 is 28.6 Å². The maximum absolute atomic E-state index is 12.8. The first kappa shape index (κ1) is 63.5. The fraction of sp³-hybridized carbons (Fsp3) is 0.845. The molecule has 8 heteroatoms. The van der Waals surface area contributed by atoms with E-state index in [9.17, 15) is 19.5 Å². The molecular weight excluding hydrogens is 823 g/mol.